The molecule has 0 aliphatic carbocycles. The van der Waals surface area contributed by atoms with Crippen molar-refractivity contribution >= 4 is 11.8 Å². The normalized spacial score (nSPS) is 10.1. The summed E-state index contributed by atoms with van der Waals surface area (Å²) in [6, 6.07) is 9.60. The number of hydrogen-bond donors (Lipinski definition) is 0. The van der Waals surface area contributed by atoms with Gasteiger partial charge in [-0.25, -0.2) is 0 Å². The van der Waals surface area contributed by atoms with E-state index in [-0.39, 0.29) is 0 Å². The number of unbranched alkanes of at least 4 members (excludes halogenated alkanes) is 1. The van der Waals surface area contributed by atoms with Gasteiger partial charge in [-0.3, -0.25) is 0 Å². The van der Waals surface area contributed by atoms with E-state index in [1.54, 1.807) is 7.11 Å². The quantitative estimate of drug-likeness (QED) is 0.595. The van der Waals surface area contributed by atoms with E-state index < -0.39 is 0 Å². The van der Waals surface area contributed by atoms with Crippen LogP contribution >= 0.6 is 11.8 Å². The van der Waals surface area contributed by atoms with Gasteiger partial charge < -0.3 is 9.15 Å². The number of methoxy groups -OCH3 is 1. The van der Waals surface area contributed by atoms with Gasteiger partial charge in [0.25, 0.3) is 11.1 Å². The van der Waals surface area contributed by atoms with E-state index in [2.05, 4.69) is 16.3 Å². The summed E-state index contributed by atoms with van der Waals surface area (Å²) >= 11 is 1.46. The molecular weight excluding hydrogens is 262 g/mol. The van der Waals surface area contributed by atoms with Gasteiger partial charge in [0.05, 0.1) is 18.7 Å². The molecule has 2 rings (SSSR count). The first-order chi connectivity index (χ1) is 9.35. The van der Waals surface area contributed by atoms with E-state index >= 15 is 0 Å². The Bertz CT molecular complexity index is 577. The summed E-state index contributed by atoms with van der Waals surface area (Å²) < 4.78 is 10.8. The molecule has 1 heterocycles. The first-order valence-corrected chi connectivity index (χ1v) is 6.80. The van der Waals surface area contributed by atoms with Gasteiger partial charge in [-0.15, -0.1) is 10.2 Å². The molecule has 0 aliphatic heterocycles. The van der Waals surface area contributed by atoms with Crippen LogP contribution in [0.5, 0.6) is 5.75 Å². The number of nitrogens with zero attached hydrogens (tertiary/aromatic N) is 3. The fourth-order valence-electron chi connectivity index (χ4n) is 1.51. The van der Waals surface area contributed by atoms with Crippen LogP contribution in [0.3, 0.4) is 0 Å². The highest BCUT2D eigenvalue weighted by Gasteiger charge is 2.12. The summed E-state index contributed by atoms with van der Waals surface area (Å²) in [6.07, 6.45) is 1.36. The van der Waals surface area contributed by atoms with Crippen LogP contribution < -0.4 is 4.74 Å². The fourth-order valence-corrected chi connectivity index (χ4v) is 2.21. The van der Waals surface area contributed by atoms with Gasteiger partial charge in [0, 0.05) is 12.2 Å². The average molecular weight is 275 g/mol. The van der Waals surface area contributed by atoms with Crippen molar-refractivity contribution in [2.45, 2.75) is 18.1 Å². The third kappa shape index (κ3) is 3.48. The predicted molar refractivity (Wildman–Crippen MR) is 71.9 cm³/mol. The Kier molecular flexibility index (Phi) is 4.81. The van der Waals surface area contributed by atoms with Crippen LogP contribution in [0.25, 0.3) is 11.5 Å². The minimum atomic E-state index is 0.445. The van der Waals surface area contributed by atoms with E-state index in [0.29, 0.717) is 23.3 Å². The highest BCUT2D eigenvalue weighted by molar-refractivity contribution is 7.99. The number of nitriles is 1. The molecule has 98 valence electrons. The summed E-state index contributed by atoms with van der Waals surface area (Å²) in [5.74, 6) is 1.94. The third-order valence-electron chi connectivity index (χ3n) is 2.40. The fraction of sp³-hybridized carbons (Fsp3) is 0.308. The zero-order chi connectivity index (χ0) is 13.5. The molecule has 0 bridgehead atoms. The number of ether oxygens (including phenoxy) is 1. The van der Waals surface area contributed by atoms with E-state index in [1.807, 2.05) is 24.3 Å². The highest BCUT2D eigenvalue weighted by atomic mass is 32.2. The third-order valence-corrected chi connectivity index (χ3v) is 3.31. The number of thioether (sulfide) groups is 1. The molecule has 0 amide bonds. The predicted octanol–water partition coefficient (Wildman–Crippen LogP) is 3.14. The largest absolute Gasteiger partial charge is 0.496 e. The van der Waals surface area contributed by atoms with Crippen LogP contribution in [0.2, 0.25) is 0 Å². The molecular formula is C13H13N3O2S. The SMILES string of the molecule is COc1ccccc1-c1nnc(SCCCC#N)o1. The van der Waals surface area contributed by atoms with Crippen LogP contribution in [0.4, 0.5) is 0 Å². The minimum Gasteiger partial charge on any atom is -0.496 e. The molecule has 19 heavy (non-hydrogen) atoms. The Morgan fingerprint density at radius 3 is 3.00 bits per heavy atom. The topological polar surface area (TPSA) is 71.9 Å². The van der Waals surface area contributed by atoms with Gasteiger partial charge in [0.2, 0.25) is 0 Å². The van der Waals surface area contributed by atoms with E-state index in [4.69, 9.17) is 14.4 Å². The minimum absolute atomic E-state index is 0.445. The van der Waals surface area contributed by atoms with Crippen LogP contribution in [-0.4, -0.2) is 23.1 Å². The van der Waals surface area contributed by atoms with Crippen molar-refractivity contribution in [1.82, 2.24) is 10.2 Å². The summed E-state index contributed by atoms with van der Waals surface area (Å²) in [4.78, 5) is 0. The van der Waals surface area contributed by atoms with Gasteiger partial charge in [-0.05, 0) is 18.6 Å². The Labute approximate surface area is 115 Å². The van der Waals surface area contributed by atoms with Crippen molar-refractivity contribution in [1.29, 1.82) is 5.26 Å². The smallest absolute Gasteiger partial charge is 0.276 e. The number of hydrogen-bond acceptors (Lipinski definition) is 6. The summed E-state index contributed by atoms with van der Waals surface area (Å²) in [7, 11) is 1.60. The zero-order valence-electron chi connectivity index (χ0n) is 10.5. The molecule has 0 fully saturated rings. The number of para-hydroxylation sites is 1. The molecule has 2 aromatic rings. The summed E-state index contributed by atoms with van der Waals surface area (Å²) in [5.41, 5.74) is 0.779. The second-order valence-corrected chi connectivity index (χ2v) is 4.73. The first-order valence-electron chi connectivity index (χ1n) is 5.82. The summed E-state index contributed by atoms with van der Waals surface area (Å²) in [6.45, 7) is 0. The lowest BCUT2D eigenvalue weighted by Crippen LogP contribution is -1.87. The maximum Gasteiger partial charge on any atom is 0.276 e. The van der Waals surface area contributed by atoms with E-state index in [0.717, 1.165) is 17.7 Å². The van der Waals surface area contributed by atoms with Crippen molar-refractivity contribution in [2.75, 3.05) is 12.9 Å². The maximum atomic E-state index is 8.45. The number of aromatic nitrogens is 2. The van der Waals surface area contributed by atoms with E-state index in [9.17, 15) is 0 Å². The van der Waals surface area contributed by atoms with Gasteiger partial charge in [-0.1, -0.05) is 23.9 Å². The van der Waals surface area contributed by atoms with Gasteiger partial charge in [-0.2, -0.15) is 5.26 Å². The first kappa shape index (κ1) is 13.4. The second-order valence-electron chi connectivity index (χ2n) is 3.68. The van der Waals surface area contributed by atoms with Crippen LogP contribution in [0, 0.1) is 11.3 Å². The average Bonchev–Trinajstić information content (AvgIpc) is 2.92. The lowest BCUT2D eigenvalue weighted by molar-refractivity contribution is 0.411. The molecule has 1 aromatic carbocycles. The van der Waals surface area contributed by atoms with Crippen molar-refractivity contribution in [2.24, 2.45) is 0 Å². The molecule has 0 spiro atoms. The van der Waals surface area contributed by atoms with Crippen LogP contribution in [0.15, 0.2) is 33.9 Å². The maximum absolute atomic E-state index is 8.45. The molecule has 0 saturated carbocycles. The Morgan fingerprint density at radius 2 is 2.21 bits per heavy atom. The Balaban J connectivity index is 2.06. The zero-order valence-corrected chi connectivity index (χ0v) is 11.3. The number of benzene rings is 1. The monoisotopic (exact) mass is 275 g/mol. The molecule has 0 atom stereocenters. The molecule has 0 aliphatic rings. The number of rotatable bonds is 6. The van der Waals surface area contributed by atoms with Crippen LogP contribution in [0.1, 0.15) is 12.8 Å². The van der Waals surface area contributed by atoms with Crippen LogP contribution in [-0.2, 0) is 0 Å². The van der Waals surface area contributed by atoms with Gasteiger partial charge in [0.1, 0.15) is 5.75 Å². The van der Waals surface area contributed by atoms with Crippen molar-refractivity contribution < 1.29 is 9.15 Å². The molecule has 0 saturated heterocycles. The molecule has 0 unspecified atom stereocenters. The molecule has 1 aromatic heterocycles. The van der Waals surface area contributed by atoms with Crippen molar-refractivity contribution in [3.05, 3.63) is 24.3 Å². The molecule has 0 radical (unpaired) electrons. The van der Waals surface area contributed by atoms with Crippen molar-refractivity contribution in [3.8, 4) is 23.3 Å². The standard InChI is InChI=1S/C13H13N3O2S/c1-17-11-7-3-2-6-10(11)12-15-16-13(18-12)19-9-5-4-8-14/h2-3,6-7H,4-5,9H2,1H3. The Hall–Kier alpha value is -2.00. The molecule has 0 N–H and O–H groups in total. The molecule has 5 nitrogen and oxygen atoms in total. The Morgan fingerprint density at radius 1 is 1.37 bits per heavy atom. The lowest BCUT2D eigenvalue weighted by atomic mass is 10.2. The second kappa shape index (κ2) is 6.81. The molecule has 6 heteroatoms. The van der Waals surface area contributed by atoms with E-state index in [1.165, 1.54) is 11.8 Å². The van der Waals surface area contributed by atoms with Gasteiger partial charge in [0.15, 0.2) is 0 Å². The van der Waals surface area contributed by atoms with Gasteiger partial charge >= 0.3 is 0 Å². The van der Waals surface area contributed by atoms with Crippen molar-refractivity contribution in [3.63, 3.8) is 0 Å². The lowest BCUT2D eigenvalue weighted by Gasteiger charge is -2.03. The highest BCUT2D eigenvalue weighted by Crippen LogP contribution is 2.30. The summed E-state index contributed by atoms with van der Waals surface area (Å²) in [5, 5.41) is 16.9.